The van der Waals surface area contributed by atoms with Gasteiger partial charge < -0.3 is 79.4 Å². The number of ether oxygens (including phenoxy) is 4. The summed E-state index contributed by atoms with van der Waals surface area (Å²) in [6.07, 6.45) is 16.7. The number of aromatic nitrogens is 12. The predicted molar refractivity (Wildman–Crippen MR) is 560 cm³/mol. The summed E-state index contributed by atoms with van der Waals surface area (Å²) >= 11 is 0. The molecule has 9 aliphatic rings. The number of nitrogens with one attached hydrogen (secondary N) is 4. The molecule has 0 spiro atoms. The quantitative estimate of drug-likeness (QED) is 0.0342. The number of benzene rings is 4. The summed E-state index contributed by atoms with van der Waals surface area (Å²) in [5.74, 6) is -0.361. The molecule has 0 atom stereocenters. The van der Waals surface area contributed by atoms with Crippen LogP contribution < -0.4 is 59.8 Å². The maximum absolute atomic E-state index is 15.0. The van der Waals surface area contributed by atoms with E-state index in [4.69, 9.17) is 28.9 Å². The zero-order valence-corrected chi connectivity index (χ0v) is 86.5. The molecular formula is C111H128F9N25O4. The van der Waals surface area contributed by atoms with E-state index in [0.29, 0.717) is 133 Å². The molecule has 784 valence electrons. The molecule has 16 heterocycles. The normalized spacial score (nSPS) is 17.0. The average molecular weight is 2050 g/mol. The van der Waals surface area contributed by atoms with Gasteiger partial charge in [0, 0.05) is 69.3 Å². The number of piperidine rings is 4. The van der Waals surface area contributed by atoms with Gasteiger partial charge in [0.05, 0.1) is 73.7 Å². The molecular weight excluding hydrogens is 1920 g/mol. The van der Waals surface area contributed by atoms with Gasteiger partial charge in [-0.2, -0.15) is 9.65 Å². The average Bonchev–Trinajstić information content (AvgIpc) is 1.26. The van der Waals surface area contributed by atoms with Gasteiger partial charge in [0.15, 0.2) is 69.5 Å². The number of hydrogen-bond acceptors (Lipinski definition) is 29. The van der Waals surface area contributed by atoms with Gasteiger partial charge in [-0.05, 0) is 320 Å². The Morgan fingerprint density at radius 2 is 0.604 bits per heavy atom. The van der Waals surface area contributed by atoms with Crippen LogP contribution in [0.4, 0.5) is 109 Å². The van der Waals surface area contributed by atoms with Crippen molar-refractivity contribution < 1.29 is 58.5 Å². The van der Waals surface area contributed by atoms with Crippen molar-refractivity contribution in [3.8, 4) is 74.1 Å². The molecule has 8 aliphatic heterocycles. The molecule has 0 amide bonds. The van der Waals surface area contributed by atoms with E-state index in [1.165, 1.54) is 35.4 Å². The fraction of sp³-hybridized carbons (Fsp3) is 0.450. The third-order valence-electron chi connectivity index (χ3n) is 29.1. The number of aryl methyl sites for hydroxylation is 1. The summed E-state index contributed by atoms with van der Waals surface area (Å²) in [5.41, 5.74) is 10.2. The van der Waals surface area contributed by atoms with Crippen molar-refractivity contribution in [2.24, 2.45) is 0 Å². The van der Waals surface area contributed by atoms with Gasteiger partial charge in [-0.1, -0.05) is 37.6 Å². The third-order valence-corrected chi connectivity index (χ3v) is 29.1. The largest absolute Gasteiger partial charge is 0.486 e. The van der Waals surface area contributed by atoms with Crippen LogP contribution in [0.5, 0.6) is 23.0 Å². The standard InChI is InChI=1S/C29H34F2N6O.C29H36F2N6O.C27H29F2N7O.C26H29F3N6O/c1-17(2)37-12-13-38-28-22(30)14-20(15-24(28)37)27-23(31)16-32-29(35-27)34-25-7-6-21(26(33-25)19-4-5-19)18-8-10-36(3)11-9-18;1-5-6-24-21(19-9-11-36(4)12-10-19)7-8-26(33-24)34-29-32-17-23(31)27(35-29)20-15-22(30)28-25(16-20)37(18(2)3)13-14-38-28;1-16(2)36-10-11-37-26-20(28)12-18(13-23(26)36)25-21(29)15-31-27(34-25)33-24-5-4-19(22(14-30)32-24)17-6-8-35(3)9-7-17;1-15(2)35-10-11-36-24-19(27)12-17(13-21(24)35)23-20(28)14-30-26(33-23)32-22-5-4-18(25(29)31-22)16-6-8-34(3)9-7-16/h6-7,14-19H,4-5,8-13H2,1-3H3,(H,32,33,34,35);7-8,15-19H,5-6,9-14H2,1-4H3,(H,32,33,34,35);4-5,12-13,15-17H,6-11H2,1-3H3,(H,31,32,33,34);4-5,12-16H,6-11H2,1-3H3,(H,30,31,32,33). The first-order valence-corrected chi connectivity index (χ1v) is 51.8. The van der Waals surface area contributed by atoms with E-state index in [0.717, 1.165) is 171 Å². The summed E-state index contributed by atoms with van der Waals surface area (Å²) in [6.45, 7) is 30.5. The second kappa shape index (κ2) is 46.5. The van der Waals surface area contributed by atoms with Gasteiger partial charge in [-0.15, -0.1) is 0 Å². The summed E-state index contributed by atoms with van der Waals surface area (Å²) in [6, 6.07) is 29.8. The van der Waals surface area contributed by atoms with Crippen LogP contribution in [0, 0.1) is 63.8 Å². The SMILES string of the molecule is CC(C)N1CCOc2c(F)cc(-c3nc(Nc4ccc(C5CCN(C)CC5)c(C#N)n4)ncc3F)cc21.CC(C)N1CCOc2c(F)cc(-c3nc(Nc4ccc(C5CCN(C)CC5)c(C5CC5)n4)ncc3F)cc21.CC(C)N1CCOc2c(F)cc(-c3nc(Nc4ccc(C5CCN(C)CC5)c(F)n4)ncc3F)cc21.CCCc1nc(Nc2ncc(F)c(-c3cc(F)c4c(c3)N(C(C)C)CCO4)n2)ccc1C1CCN(C)CC1. The molecule has 1 aliphatic carbocycles. The molecule has 0 unspecified atom stereocenters. The number of nitriles is 1. The molecule has 12 aromatic rings. The summed E-state index contributed by atoms with van der Waals surface area (Å²) in [4.78, 5) is 69.5. The minimum Gasteiger partial charge on any atom is -0.486 e. The second-order valence-electron chi connectivity index (χ2n) is 40.9. The summed E-state index contributed by atoms with van der Waals surface area (Å²) < 4.78 is 156. The Labute approximate surface area is 863 Å². The van der Waals surface area contributed by atoms with E-state index in [2.05, 4.69) is 154 Å². The highest BCUT2D eigenvalue weighted by molar-refractivity contribution is 5.78. The van der Waals surface area contributed by atoms with Crippen LogP contribution >= 0.6 is 0 Å². The number of fused-ring (bicyclic) bond motifs is 4. The van der Waals surface area contributed by atoms with Gasteiger partial charge in [-0.3, -0.25) is 0 Å². The first kappa shape index (κ1) is 105. The highest BCUT2D eigenvalue weighted by atomic mass is 19.2. The number of likely N-dealkylation sites (tertiary alicyclic amines) is 4. The van der Waals surface area contributed by atoms with E-state index in [9.17, 15) is 36.0 Å². The van der Waals surface area contributed by atoms with Crippen LogP contribution in [0.3, 0.4) is 0 Å². The maximum Gasteiger partial charge on any atom is 0.229 e. The van der Waals surface area contributed by atoms with E-state index < -0.39 is 52.5 Å². The first-order valence-electron chi connectivity index (χ1n) is 51.8. The van der Waals surface area contributed by atoms with Crippen molar-refractivity contribution in [2.45, 2.75) is 193 Å². The molecule has 0 radical (unpaired) electrons. The van der Waals surface area contributed by atoms with Crippen LogP contribution in [0.1, 0.15) is 202 Å². The highest BCUT2D eigenvalue weighted by Gasteiger charge is 2.37. The molecule has 0 bridgehead atoms. The number of pyridine rings is 4. The molecule has 4 aromatic carbocycles. The zero-order chi connectivity index (χ0) is 105. The Bertz CT molecular complexity index is 6850. The van der Waals surface area contributed by atoms with Crippen LogP contribution in [0.25, 0.3) is 45.0 Å². The van der Waals surface area contributed by atoms with E-state index in [1.54, 1.807) is 42.5 Å². The lowest BCUT2D eigenvalue weighted by molar-refractivity contribution is 0.252. The predicted octanol–water partition coefficient (Wildman–Crippen LogP) is 21.7. The Hall–Kier alpha value is -13.9. The van der Waals surface area contributed by atoms with Crippen molar-refractivity contribution in [3.63, 3.8) is 0 Å². The van der Waals surface area contributed by atoms with Gasteiger partial charge >= 0.3 is 0 Å². The van der Waals surface area contributed by atoms with Gasteiger partial charge in [0.1, 0.15) is 84.2 Å². The lowest BCUT2D eigenvalue weighted by Gasteiger charge is -2.34. The molecule has 29 nitrogen and oxygen atoms in total. The molecule has 8 aromatic heterocycles. The zero-order valence-electron chi connectivity index (χ0n) is 86.5. The van der Waals surface area contributed by atoms with Crippen LogP contribution in [-0.2, 0) is 6.42 Å². The minimum absolute atomic E-state index is 0.0233. The summed E-state index contributed by atoms with van der Waals surface area (Å²) in [5, 5.41) is 21.9. The van der Waals surface area contributed by atoms with Crippen molar-refractivity contribution in [1.29, 1.82) is 5.26 Å². The lowest BCUT2D eigenvalue weighted by atomic mass is 9.87. The van der Waals surface area contributed by atoms with Crippen molar-refractivity contribution >= 4 is 69.8 Å². The Morgan fingerprint density at radius 1 is 0.322 bits per heavy atom. The molecule has 149 heavy (non-hydrogen) atoms. The van der Waals surface area contributed by atoms with E-state index in [1.807, 2.05) is 83.4 Å². The maximum atomic E-state index is 15.0. The monoisotopic (exact) mass is 2050 g/mol. The molecule has 21 rings (SSSR count). The van der Waals surface area contributed by atoms with Crippen LogP contribution in [-0.4, -0.2) is 237 Å². The molecule has 4 N–H and O–H groups in total. The fourth-order valence-corrected chi connectivity index (χ4v) is 20.9. The van der Waals surface area contributed by atoms with Crippen molar-refractivity contribution in [1.82, 2.24) is 79.4 Å². The third kappa shape index (κ3) is 24.3. The minimum atomic E-state index is -0.704. The lowest BCUT2D eigenvalue weighted by Crippen LogP contribution is -2.38. The summed E-state index contributed by atoms with van der Waals surface area (Å²) in [7, 11) is 8.49. The Kier molecular flexibility index (Phi) is 32.8. The van der Waals surface area contributed by atoms with Crippen molar-refractivity contribution in [3.05, 3.63) is 214 Å². The molecule has 5 fully saturated rings. The van der Waals surface area contributed by atoms with Gasteiger partial charge in [-0.25, -0.2) is 94.9 Å². The van der Waals surface area contributed by atoms with Crippen LogP contribution in [0.15, 0.2) is 122 Å². The first-order chi connectivity index (χ1) is 71.8. The fourth-order valence-electron chi connectivity index (χ4n) is 20.9. The second-order valence-corrected chi connectivity index (χ2v) is 40.9. The number of halogens is 9. The Balaban J connectivity index is 0.000000130. The molecule has 4 saturated heterocycles. The smallest absolute Gasteiger partial charge is 0.229 e. The topological polar surface area (TPSA) is 289 Å². The molecule has 1 saturated carbocycles. The number of rotatable bonds is 23. The van der Waals surface area contributed by atoms with E-state index >= 15 is 8.78 Å². The molecule has 38 heteroatoms. The van der Waals surface area contributed by atoms with Crippen molar-refractivity contribution in [2.75, 3.05) is 174 Å². The highest BCUT2D eigenvalue weighted by Crippen LogP contribution is 2.49. The number of anilines is 12. The Morgan fingerprint density at radius 3 is 0.913 bits per heavy atom. The number of nitrogens with zero attached hydrogens (tertiary/aromatic N) is 21. The van der Waals surface area contributed by atoms with E-state index in [-0.39, 0.29) is 123 Å². The van der Waals surface area contributed by atoms with Crippen LogP contribution in [0.2, 0.25) is 0 Å². The van der Waals surface area contributed by atoms with Gasteiger partial charge in [0.25, 0.3) is 0 Å². The number of hydrogen-bond donors (Lipinski definition) is 4. The van der Waals surface area contributed by atoms with Gasteiger partial charge in [0.2, 0.25) is 29.7 Å².